The summed E-state index contributed by atoms with van der Waals surface area (Å²) < 4.78 is 13.5. The van der Waals surface area contributed by atoms with E-state index in [1.165, 1.54) is 36.3 Å². The van der Waals surface area contributed by atoms with E-state index in [-0.39, 0.29) is 0 Å². The van der Waals surface area contributed by atoms with Gasteiger partial charge in [-0.25, -0.2) is 0 Å². The number of nitrogens with one attached hydrogen (secondary N) is 1. The van der Waals surface area contributed by atoms with E-state index in [9.17, 15) is 0 Å². The number of para-hydroxylation sites is 3. The van der Waals surface area contributed by atoms with E-state index in [2.05, 4.69) is 181 Å². The molecule has 1 N–H and O–H groups in total. The average molecular weight is 769 g/mol. The molecule has 270 valence electrons. The Morgan fingerprint density at radius 2 is 1.18 bits per heavy atom. The van der Waals surface area contributed by atoms with E-state index in [1.54, 1.807) is 11.8 Å². The molecule has 1 aliphatic heterocycles. The van der Waals surface area contributed by atoms with Crippen LogP contribution in [0, 0.1) is 6.92 Å². The number of nitrogens with zero attached hydrogens (tertiary/aromatic N) is 1. The normalized spacial score (nSPS) is 12.6. The second kappa shape index (κ2) is 12.7. The highest BCUT2D eigenvalue weighted by Crippen LogP contribution is 2.52. The second-order valence-corrected chi connectivity index (χ2v) is 16.9. The fraction of sp³-hybridized carbons (Fsp3) is 0.0196. The van der Waals surface area contributed by atoms with Crippen LogP contribution in [0.3, 0.4) is 0 Å². The number of furan rings is 2. The third-order valence-corrected chi connectivity index (χ3v) is 13.3. The zero-order valence-electron chi connectivity index (χ0n) is 30.7. The third kappa shape index (κ3) is 5.32. The van der Waals surface area contributed by atoms with Gasteiger partial charge in [-0.05, 0) is 137 Å². The summed E-state index contributed by atoms with van der Waals surface area (Å²) in [4.78, 5) is 7.26. The molecule has 2 aromatic heterocycles. The number of fused-ring (bicyclic) bond motifs is 11. The van der Waals surface area contributed by atoms with Crippen LogP contribution in [0.15, 0.2) is 198 Å². The topological polar surface area (TPSA) is 41.6 Å². The summed E-state index contributed by atoms with van der Waals surface area (Å²) in [6.45, 7) is 2.13. The highest BCUT2D eigenvalue weighted by atomic mass is 32.2. The van der Waals surface area contributed by atoms with Crippen molar-refractivity contribution in [2.24, 2.45) is 0 Å². The Morgan fingerprint density at radius 3 is 1.98 bits per heavy atom. The van der Waals surface area contributed by atoms with Gasteiger partial charge in [0.2, 0.25) is 0 Å². The smallest absolute Gasteiger partial charge is 0.147 e. The molecule has 0 spiro atoms. The van der Waals surface area contributed by atoms with Crippen molar-refractivity contribution in [3.05, 3.63) is 175 Å². The largest absolute Gasteiger partial charge is 0.456 e. The van der Waals surface area contributed by atoms with Crippen LogP contribution in [-0.4, -0.2) is 0 Å². The Hall–Kier alpha value is -6.60. The van der Waals surface area contributed by atoms with E-state index in [4.69, 9.17) is 8.83 Å². The molecule has 1 aliphatic rings. The summed E-state index contributed by atoms with van der Waals surface area (Å²) in [5.74, 6) is 0. The fourth-order valence-corrected chi connectivity index (χ4v) is 10.4. The first-order valence-corrected chi connectivity index (χ1v) is 20.7. The lowest BCUT2D eigenvalue weighted by Gasteiger charge is -2.33. The number of anilines is 5. The Bertz CT molecular complexity index is 3380. The molecule has 0 saturated carbocycles. The van der Waals surface area contributed by atoms with Gasteiger partial charge < -0.3 is 19.1 Å². The molecule has 0 radical (unpaired) electrons. The molecule has 0 bridgehead atoms. The molecule has 9 aromatic carbocycles. The molecule has 0 atom stereocenters. The van der Waals surface area contributed by atoms with Gasteiger partial charge in [0.1, 0.15) is 22.3 Å². The van der Waals surface area contributed by atoms with Crippen LogP contribution in [0.5, 0.6) is 0 Å². The van der Waals surface area contributed by atoms with E-state index in [0.717, 1.165) is 82.7 Å². The molecular formula is C51H32N2O2S2. The Morgan fingerprint density at radius 1 is 0.526 bits per heavy atom. The zero-order chi connectivity index (χ0) is 37.6. The molecule has 0 aliphatic carbocycles. The Balaban J connectivity index is 0.953. The van der Waals surface area contributed by atoms with Gasteiger partial charge in [0, 0.05) is 47.1 Å². The lowest BCUT2D eigenvalue weighted by atomic mass is 10.0. The van der Waals surface area contributed by atoms with Crippen molar-refractivity contribution in [1.29, 1.82) is 0 Å². The molecular weight excluding hydrogens is 737 g/mol. The molecule has 12 rings (SSSR count). The molecule has 57 heavy (non-hydrogen) atoms. The Labute approximate surface area is 336 Å². The maximum atomic E-state index is 6.86. The van der Waals surface area contributed by atoms with Crippen molar-refractivity contribution in [1.82, 2.24) is 0 Å². The zero-order valence-corrected chi connectivity index (χ0v) is 32.4. The molecule has 3 heterocycles. The second-order valence-electron chi connectivity index (χ2n) is 14.7. The summed E-state index contributed by atoms with van der Waals surface area (Å²) in [6.07, 6.45) is 0. The van der Waals surface area contributed by atoms with Gasteiger partial charge in [0.05, 0.1) is 22.4 Å². The number of hydrogen-bond acceptors (Lipinski definition) is 6. The Kier molecular flexibility index (Phi) is 7.28. The van der Waals surface area contributed by atoms with E-state index in [0.29, 0.717) is 0 Å². The van der Waals surface area contributed by atoms with Gasteiger partial charge in [0.15, 0.2) is 0 Å². The van der Waals surface area contributed by atoms with Crippen molar-refractivity contribution in [3.8, 4) is 0 Å². The van der Waals surface area contributed by atoms with Gasteiger partial charge in [-0.15, -0.1) is 0 Å². The van der Waals surface area contributed by atoms with Crippen LogP contribution in [0.2, 0.25) is 0 Å². The number of hydrogen-bond donors (Lipinski definition) is 1. The minimum atomic E-state index is 0.848. The first-order valence-electron chi connectivity index (χ1n) is 19.1. The minimum absolute atomic E-state index is 0.848. The van der Waals surface area contributed by atoms with Crippen LogP contribution >= 0.6 is 23.5 Å². The van der Waals surface area contributed by atoms with Crippen molar-refractivity contribution in [2.45, 2.75) is 26.5 Å². The summed E-state index contributed by atoms with van der Waals surface area (Å²) in [7, 11) is 0. The lowest BCUT2D eigenvalue weighted by molar-refractivity contribution is 0.661. The van der Waals surface area contributed by atoms with Crippen LogP contribution in [-0.2, 0) is 0 Å². The van der Waals surface area contributed by atoms with Crippen molar-refractivity contribution < 1.29 is 8.83 Å². The molecule has 4 nitrogen and oxygen atoms in total. The summed E-state index contributed by atoms with van der Waals surface area (Å²) >= 11 is 3.58. The molecule has 6 heteroatoms. The predicted octanol–water partition coefficient (Wildman–Crippen LogP) is 15.9. The molecule has 11 aromatic rings. The highest BCUT2D eigenvalue weighted by molar-refractivity contribution is 8.00. The van der Waals surface area contributed by atoms with Gasteiger partial charge in [-0.3, -0.25) is 0 Å². The van der Waals surface area contributed by atoms with Crippen LogP contribution < -0.4 is 10.2 Å². The van der Waals surface area contributed by atoms with E-state index < -0.39 is 0 Å². The van der Waals surface area contributed by atoms with E-state index in [1.807, 2.05) is 17.8 Å². The number of rotatable bonds is 5. The van der Waals surface area contributed by atoms with Crippen LogP contribution in [0.25, 0.3) is 65.4 Å². The first-order chi connectivity index (χ1) is 28.1. The minimum Gasteiger partial charge on any atom is -0.456 e. The molecule has 0 saturated heterocycles. The average Bonchev–Trinajstić information content (AvgIpc) is 3.79. The SMILES string of the molecule is Cc1cc2c3cc4ccc(N5c6ccccc6Sc6ccccc65)cc4cc3oc2c2c1oc1cc3cc(Nc4ccccc4Sc4ccccc4)ccc3cc12. The fourth-order valence-electron chi connectivity index (χ4n) is 8.43. The molecule has 0 amide bonds. The number of benzene rings is 9. The number of aryl methyl sites for hydroxylation is 1. The van der Waals surface area contributed by atoms with Crippen molar-refractivity contribution >= 4 is 117 Å². The predicted molar refractivity (Wildman–Crippen MR) is 240 cm³/mol. The molecule has 0 unspecified atom stereocenters. The van der Waals surface area contributed by atoms with E-state index >= 15 is 0 Å². The summed E-state index contributed by atoms with van der Waals surface area (Å²) in [5.41, 5.74) is 10.1. The summed E-state index contributed by atoms with van der Waals surface area (Å²) in [5, 5.41) is 12.5. The van der Waals surface area contributed by atoms with Gasteiger partial charge in [-0.1, -0.05) is 90.3 Å². The van der Waals surface area contributed by atoms with Crippen molar-refractivity contribution in [3.63, 3.8) is 0 Å². The third-order valence-electron chi connectivity index (χ3n) is 11.1. The monoisotopic (exact) mass is 768 g/mol. The van der Waals surface area contributed by atoms with Gasteiger partial charge >= 0.3 is 0 Å². The quantitative estimate of drug-likeness (QED) is 0.188. The first kappa shape index (κ1) is 32.6. The maximum Gasteiger partial charge on any atom is 0.147 e. The maximum absolute atomic E-state index is 6.86. The van der Waals surface area contributed by atoms with Crippen molar-refractivity contribution in [2.75, 3.05) is 10.2 Å². The lowest BCUT2D eigenvalue weighted by Crippen LogP contribution is -2.14. The molecule has 0 fully saturated rings. The van der Waals surface area contributed by atoms with Crippen LogP contribution in [0.4, 0.5) is 28.4 Å². The van der Waals surface area contributed by atoms with Crippen LogP contribution in [0.1, 0.15) is 5.56 Å². The summed E-state index contributed by atoms with van der Waals surface area (Å²) in [6, 6.07) is 60.7. The standard InChI is InChI=1S/C51H32N2O2S2/c1-30-23-39-38-26-32-20-22-36(53-42-14-6-9-17-47(42)57-48-18-10-7-15-43(48)53)25-34(32)29-44(38)55-51(39)49-40-27-31-19-21-35(24-33(31)28-45(40)54-50(30)49)52-41-13-5-8-16-46(41)56-37-11-3-2-4-12-37/h2-29,52H,1H3. The highest BCUT2D eigenvalue weighted by Gasteiger charge is 2.25. The van der Waals surface area contributed by atoms with Gasteiger partial charge in [0.25, 0.3) is 0 Å². The van der Waals surface area contributed by atoms with Gasteiger partial charge in [-0.2, -0.15) is 0 Å².